The van der Waals surface area contributed by atoms with Crippen LogP contribution in [-0.4, -0.2) is 49.2 Å². The van der Waals surface area contributed by atoms with Crippen LogP contribution in [0.15, 0.2) is 18.2 Å². The fourth-order valence-electron chi connectivity index (χ4n) is 3.70. The Morgan fingerprint density at radius 2 is 2.09 bits per heavy atom. The van der Waals surface area contributed by atoms with Gasteiger partial charge in [0.25, 0.3) is 5.91 Å². The molecule has 5 nitrogen and oxygen atoms in total. The van der Waals surface area contributed by atoms with Crippen molar-refractivity contribution in [3.8, 4) is 11.5 Å². The van der Waals surface area contributed by atoms with Crippen molar-refractivity contribution in [1.82, 2.24) is 10.2 Å². The maximum Gasteiger partial charge on any atom is 0.251 e. The van der Waals surface area contributed by atoms with Crippen molar-refractivity contribution in [2.45, 2.75) is 31.9 Å². The number of carbonyl (C=O) groups excluding carboxylic acids is 1. The Balaban J connectivity index is 1.47. The minimum Gasteiger partial charge on any atom is -0.486 e. The van der Waals surface area contributed by atoms with Gasteiger partial charge in [-0.1, -0.05) is 0 Å². The van der Waals surface area contributed by atoms with Gasteiger partial charge in [0, 0.05) is 18.2 Å². The van der Waals surface area contributed by atoms with E-state index in [-0.39, 0.29) is 18.1 Å². The van der Waals surface area contributed by atoms with E-state index in [9.17, 15) is 4.79 Å². The topological polar surface area (TPSA) is 50.8 Å². The molecule has 2 unspecified atom stereocenters. The zero-order valence-corrected chi connectivity index (χ0v) is 12.9. The molecule has 1 aromatic rings. The first-order valence-electron chi connectivity index (χ1n) is 8.16. The van der Waals surface area contributed by atoms with E-state index in [1.54, 1.807) is 6.07 Å². The maximum absolute atomic E-state index is 12.5. The van der Waals surface area contributed by atoms with E-state index in [0.29, 0.717) is 23.8 Å². The molecule has 1 amide bonds. The summed E-state index contributed by atoms with van der Waals surface area (Å²) in [6.07, 6.45) is 2.45. The highest BCUT2D eigenvalue weighted by atomic mass is 16.6. The zero-order valence-electron chi connectivity index (χ0n) is 12.9. The van der Waals surface area contributed by atoms with Crippen LogP contribution >= 0.6 is 0 Å². The molecule has 22 heavy (non-hydrogen) atoms. The SMILES string of the molecule is CC1COc2cc(C(=O)NC3CN4CCC3CC4)ccc2O1. The number of ether oxygens (including phenoxy) is 2. The number of hydrogen-bond donors (Lipinski definition) is 1. The number of amides is 1. The van der Waals surface area contributed by atoms with Crippen LogP contribution in [0, 0.1) is 5.92 Å². The van der Waals surface area contributed by atoms with Gasteiger partial charge in [-0.2, -0.15) is 0 Å². The predicted molar refractivity (Wildman–Crippen MR) is 82.4 cm³/mol. The van der Waals surface area contributed by atoms with Crippen LogP contribution < -0.4 is 14.8 Å². The molecular formula is C17H22N2O3. The highest BCUT2D eigenvalue weighted by Gasteiger charge is 2.35. The second-order valence-electron chi connectivity index (χ2n) is 6.62. The van der Waals surface area contributed by atoms with Crippen molar-refractivity contribution in [2.24, 2.45) is 5.92 Å². The summed E-state index contributed by atoms with van der Waals surface area (Å²) < 4.78 is 11.3. The molecule has 2 bridgehead atoms. The third kappa shape index (κ3) is 2.54. The Bertz CT molecular complexity index is 581. The average molecular weight is 302 g/mol. The fourth-order valence-corrected chi connectivity index (χ4v) is 3.70. The molecule has 0 aliphatic carbocycles. The first-order chi connectivity index (χ1) is 10.7. The molecule has 4 aliphatic heterocycles. The van der Waals surface area contributed by atoms with Gasteiger partial charge >= 0.3 is 0 Å². The molecule has 5 heteroatoms. The van der Waals surface area contributed by atoms with Crippen molar-refractivity contribution in [1.29, 1.82) is 0 Å². The largest absolute Gasteiger partial charge is 0.486 e. The average Bonchev–Trinajstić information content (AvgIpc) is 2.55. The lowest BCUT2D eigenvalue weighted by atomic mass is 9.84. The Morgan fingerprint density at radius 1 is 1.27 bits per heavy atom. The van der Waals surface area contributed by atoms with E-state index in [1.165, 1.54) is 25.9 Å². The monoisotopic (exact) mass is 302 g/mol. The predicted octanol–water partition coefficient (Wildman–Crippen LogP) is 1.67. The second kappa shape index (κ2) is 5.47. The van der Waals surface area contributed by atoms with Crippen molar-refractivity contribution in [3.63, 3.8) is 0 Å². The van der Waals surface area contributed by atoms with Gasteiger partial charge in [-0.05, 0) is 57.0 Å². The lowest BCUT2D eigenvalue weighted by molar-refractivity contribution is 0.0619. The molecule has 2 atom stereocenters. The van der Waals surface area contributed by atoms with Gasteiger partial charge in [-0.15, -0.1) is 0 Å². The van der Waals surface area contributed by atoms with Gasteiger partial charge in [0.1, 0.15) is 12.7 Å². The van der Waals surface area contributed by atoms with Gasteiger partial charge in [0.05, 0.1) is 0 Å². The van der Waals surface area contributed by atoms with Crippen molar-refractivity contribution in [3.05, 3.63) is 23.8 Å². The molecule has 5 rings (SSSR count). The summed E-state index contributed by atoms with van der Waals surface area (Å²) in [5.41, 5.74) is 0.647. The first-order valence-corrected chi connectivity index (χ1v) is 8.16. The number of hydrogen-bond acceptors (Lipinski definition) is 4. The Morgan fingerprint density at radius 3 is 2.82 bits per heavy atom. The summed E-state index contributed by atoms with van der Waals surface area (Å²) in [6, 6.07) is 5.72. The first kappa shape index (κ1) is 13.9. The molecule has 4 heterocycles. The summed E-state index contributed by atoms with van der Waals surface area (Å²) in [5.74, 6) is 2.01. The molecular weight excluding hydrogens is 280 g/mol. The van der Waals surface area contributed by atoms with E-state index in [2.05, 4.69) is 10.2 Å². The summed E-state index contributed by atoms with van der Waals surface area (Å²) in [4.78, 5) is 15.0. The second-order valence-corrected chi connectivity index (χ2v) is 6.62. The minimum absolute atomic E-state index is 0.0104. The third-order valence-electron chi connectivity index (χ3n) is 4.98. The molecule has 3 saturated heterocycles. The molecule has 118 valence electrons. The standard InChI is InChI=1S/C17H22N2O3/c1-11-10-21-16-8-13(2-3-15(16)22-11)17(20)18-14-9-19-6-4-12(14)5-7-19/h2-3,8,11-12,14H,4-7,9-10H2,1H3,(H,18,20). The van der Waals surface area contributed by atoms with Gasteiger partial charge in [0.15, 0.2) is 11.5 Å². The summed E-state index contributed by atoms with van der Waals surface area (Å²) in [7, 11) is 0. The molecule has 3 fully saturated rings. The highest BCUT2D eigenvalue weighted by Crippen LogP contribution is 2.33. The number of nitrogens with zero attached hydrogens (tertiary/aromatic N) is 1. The number of piperidine rings is 3. The normalized spacial score (nSPS) is 32.6. The van der Waals surface area contributed by atoms with E-state index >= 15 is 0 Å². The van der Waals surface area contributed by atoms with Crippen LogP contribution in [-0.2, 0) is 0 Å². The quantitative estimate of drug-likeness (QED) is 0.903. The van der Waals surface area contributed by atoms with Crippen LogP contribution in [0.4, 0.5) is 0 Å². The lowest BCUT2D eigenvalue weighted by Crippen LogP contribution is -2.57. The van der Waals surface area contributed by atoms with E-state index in [4.69, 9.17) is 9.47 Å². The molecule has 0 radical (unpaired) electrons. The maximum atomic E-state index is 12.5. The van der Waals surface area contributed by atoms with Crippen LogP contribution in [0.25, 0.3) is 0 Å². The smallest absolute Gasteiger partial charge is 0.251 e. The minimum atomic E-state index is -0.0104. The van der Waals surface area contributed by atoms with Crippen LogP contribution in [0.1, 0.15) is 30.1 Å². The number of rotatable bonds is 2. The molecule has 0 spiro atoms. The van der Waals surface area contributed by atoms with Crippen LogP contribution in [0.5, 0.6) is 11.5 Å². The van der Waals surface area contributed by atoms with E-state index < -0.39 is 0 Å². The van der Waals surface area contributed by atoms with Crippen molar-refractivity contribution in [2.75, 3.05) is 26.2 Å². The zero-order chi connectivity index (χ0) is 15.1. The summed E-state index contributed by atoms with van der Waals surface area (Å²) >= 11 is 0. The Hall–Kier alpha value is -1.75. The molecule has 0 saturated carbocycles. The van der Waals surface area contributed by atoms with Crippen molar-refractivity contribution >= 4 is 5.91 Å². The number of carbonyl (C=O) groups is 1. The summed E-state index contributed by atoms with van der Waals surface area (Å²) in [5, 5.41) is 3.21. The molecule has 1 aromatic carbocycles. The summed E-state index contributed by atoms with van der Waals surface area (Å²) in [6.45, 7) is 5.84. The third-order valence-corrected chi connectivity index (χ3v) is 4.98. The fraction of sp³-hybridized carbons (Fsp3) is 0.588. The van der Waals surface area contributed by atoms with Crippen molar-refractivity contribution < 1.29 is 14.3 Å². The molecule has 4 aliphatic rings. The molecule has 1 N–H and O–H groups in total. The number of benzene rings is 1. The number of fused-ring (bicyclic) bond motifs is 4. The van der Waals surface area contributed by atoms with Gasteiger partial charge < -0.3 is 19.7 Å². The van der Waals surface area contributed by atoms with Gasteiger partial charge in [-0.25, -0.2) is 0 Å². The highest BCUT2D eigenvalue weighted by molar-refractivity contribution is 5.95. The van der Waals surface area contributed by atoms with E-state index in [1.807, 2.05) is 19.1 Å². The Labute approximate surface area is 130 Å². The Kier molecular flexibility index (Phi) is 3.45. The lowest BCUT2D eigenvalue weighted by Gasteiger charge is -2.44. The van der Waals surface area contributed by atoms with E-state index in [0.717, 1.165) is 12.3 Å². The molecule has 0 aromatic heterocycles. The number of nitrogens with one attached hydrogen (secondary N) is 1. The van der Waals surface area contributed by atoms with Crippen LogP contribution in [0.2, 0.25) is 0 Å². The van der Waals surface area contributed by atoms with Crippen LogP contribution in [0.3, 0.4) is 0 Å². The van der Waals surface area contributed by atoms with Gasteiger partial charge in [0.2, 0.25) is 0 Å². The van der Waals surface area contributed by atoms with Gasteiger partial charge in [-0.3, -0.25) is 4.79 Å².